The van der Waals surface area contributed by atoms with Crippen LogP contribution in [-0.4, -0.2) is 27.4 Å². The molecule has 1 aromatic carbocycles. The van der Waals surface area contributed by atoms with E-state index in [0.29, 0.717) is 24.7 Å². The zero-order valence-corrected chi connectivity index (χ0v) is 13.2. The fourth-order valence-electron chi connectivity index (χ4n) is 1.78. The molecule has 0 aliphatic rings. The fourth-order valence-corrected chi connectivity index (χ4v) is 2.85. The van der Waals surface area contributed by atoms with Crippen molar-refractivity contribution in [2.75, 3.05) is 18.4 Å². The van der Waals surface area contributed by atoms with E-state index in [9.17, 15) is 13.2 Å². The summed E-state index contributed by atoms with van der Waals surface area (Å²) in [4.78, 5) is 11.1. The lowest BCUT2D eigenvalue weighted by atomic mass is 10.1. The maximum Gasteiger partial charge on any atom is 0.240 e. The second-order valence-electron chi connectivity index (χ2n) is 5.09. The number of carbonyl (C=O) groups excluding carboxylic acids is 1. The quantitative estimate of drug-likeness (QED) is 0.630. The summed E-state index contributed by atoms with van der Waals surface area (Å²) in [6, 6.07) is 6.06. The molecule has 0 aliphatic carbocycles. The number of hydrogen-bond acceptors (Lipinski definition) is 4. The Balaban J connectivity index is 2.56. The molecular formula is C14H23N3O3S. The molecular weight excluding hydrogens is 290 g/mol. The van der Waals surface area contributed by atoms with Gasteiger partial charge >= 0.3 is 0 Å². The third-order valence-corrected chi connectivity index (χ3v) is 4.53. The Labute approximate surface area is 126 Å². The van der Waals surface area contributed by atoms with E-state index in [4.69, 9.17) is 5.73 Å². The van der Waals surface area contributed by atoms with Crippen molar-refractivity contribution in [1.82, 2.24) is 4.72 Å². The molecule has 0 fully saturated rings. The van der Waals surface area contributed by atoms with Crippen molar-refractivity contribution in [3.8, 4) is 0 Å². The molecule has 1 atom stereocenters. The van der Waals surface area contributed by atoms with Gasteiger partial charge in [-0.2, -0.15) is 0 Å². The predicted octanol–water partition coefficient (Wildman–Crippen LogP) is 1.30. The third-order valence-electron chi connectivity index (χ3n) is 3.05. The molecule has 0 heterocycles. The van der Waals surface area contributed by atoms with Crippen LogP contribution < -0.4 is 15.8 Å². The minimum atomic E-state index is -3.50. The maximum absolute atomic E-state index is 12.1. The van der Waals surface area contributed by atoms with Crippen molar-refractivity contribution in [2.45, 2.75) is 31.6 Å². The Bertz CT molecular complexity index is 555. The van der Waals surface area contributed by atoms with Gasteiger partial charge in [0, 0.05) is 19.2 Å². The van der Waals surface area contributed by atoms with Crippen molar-refractivity contribution in [2.24, 2.45) is 11.7 Å². The van der Waals surface area contributed by atoms with Gasteiger partial charge in [-0.05, 0) is 49.6 Å². The van der Waals surface area contributed by atoms with Crippen LogP contribution in [0.4, 0.5) is 5.69 Å². The number of amides is 1. The van der Waals surface area contributed by atoms with Crippen molar-refractivity contribution in [3.63, 3.8) is 0 Å². The van der Waals surface area contributed by atoms with Crippen LogP contribution >= 0.6 is 0 Å². The summed E-state index contributed by atoms with van der Waals surface area (Å²) in [5.41, 5.74) is 6.08. The van der Waals surface area contributed by atoms with Gasteiger partial charge in [-0.15, -0.1) is 0 Å². The lowest BCUT2D eigenvalue weighted by Crippen LogP contribution is -2.25. The average Bonchev–Trinajstić information content (AvgIpc) is 2.43. The summed E-state index contributed by atoms with van der Waals surface area (Å²) >= 11 is 0. The van der Waals surface area contributed by atoms with E-state index in [1.54, 1.807) is 12.1 Å². The Kier molecular flexibility index (Phi) is 6.80. The molecule has 0 aromatic heterocycles. The van der Waals surface area contributed by atoms with Crippen molar-refractivity contribution >= 4 is 21.6 Å². The van der Waals surface area contributed by atoms with Gasteiger partial charge in [0.1, 0.15) is 0 Å². The Morgan fingerprint density at radius 1 is 1.29 bits per heavy atom. The van der Waals surface area contributed by atoms with Crippen molar-refractivity contribution in [3.05, 3.63) is 24.3 Å². The maximum atomic E-state index is 12.1. The molecule has 1 unspecified atom stereocenters. The highest BCUT2D eigenvalue weighted by molar-refractivity contribution is 7.89. The van der Waals surface area contributed by atoms with Crippen LogP contribution in [0.5, 0.6) is 0 Å². The number of hydrogen-bond donors (Lipinski definition) is 3. The largest absolute Gasteiger partial charge is 0.330 e. The lowest BCUT2D eigenvalue weighted by Gasteiger charge is -2.10. The first-order chi connectivity index (χ1) is 9.85. The van der Waals surface area contributed by atoms with Gasteiger partial charge in [0.25, 0.3) is 0 Å². The van der Waals surface area contributed by atoms with Crippen LogP contribution in [0.15, 0.2) is 29.2 Å². The molecule has 21 heavy (non-hydrogen) atoms. The van der Waals surface area contributed by atoms with Gasteiger partial charge in [0.15, 0.2) is 0 Å². The highest BCUT2D eigenvalue weighted by Crippen LogP contribution is 2.14. The minimum absolute atomic E-state index is 0.184. The summed E-state index contributed by atoms with van der Waals surface area (Å²) in [6.45, 7) is 4.43. The van der Waals surface area contributed by atoms with Crippen molar-refractivity contribution < 1.29 is 13.2 Å². The zero-order valence-electron chi connectivity index (χ0n) is 12.4. The van der Waals surface area contributed by atoms with Crippen LogP contribution in [-0.2, 0) is 14.8 Å². The Morgan fingerprint density at radius 3 is 2.43 bits per heavy atom. The number of rotatable bonds is 8. The third kappa shape index (κ3) is 6.24. The monoisotopic (exact) mass is 313 g/mol. The smallest absolute Gasteiger partial charge is 0.240 e. The first kappa shape index (κ1) is 17.6. The van der Waals surface area contributed by atoms with Gasteiger partial charge in [-0.1, -0.05) is 6.92 Å². The zero-order chi connectivity index (χ0) is 15.9. The second-order valence-corrected chi connectivity index (χ2v) is 6.85. The van der Waals surface area contributed by atoms with E-state index >= 15 is 0 Å². The number of benzene rings is 1. The number of nitrogens with one attached hydrogen (secondary N) is 2. The normalized spacial score (nSPS) is 12.9. The number of sulfonamides is 1. The number of carbonyl (C=O) groups is 1. The SMILES string of the molecule is CC(=O)Nc1ccc(S(=O)(=O)NCCCC(C)CN)cc1. The van der Waals surface area contributed by atoms with Gasteiger partial charge in [-0.25, -0.2) is 13.1 Å². The van der Waals surface area contributed by atoms with Crippen LogP contribution in [0.25, 0.3) is 0 Å². The first-order valence-corrected chi connectivity index (χ1v) is 8.41. The van der Waals surface area contributed by atoms with Crippen molar-refractivity contribution in [1.29, 1.82) is 0 Å². The number of nitrogens with two attached hydrogens (primary N) is 1. The molecule has 0 saturated carbocycles. The topological polar surface area (TPSA) is 101 Å². The molecule has 0 bridgehead atoms. The average molecular weight is 313 g/mol. The highest BCUT2D eigenvalue weighted by Gasteiger charge is 2.13. The summed E-state index contributed by atoms with van der Waals surface area (Å²) in [7, 11) is -3.50. The molecule has 1 rings (SSSR count). The van der Waals surface area contributed by atoms with Gasteiger partial charge in [0.05, 0.1) is 4.90 Å². The molecule has 6 nitrogen and oxygen atoms in total. The molecule has 1 amide bonds. The van der Waals surface area contributed by atoms with E-state index in [1.807, 2.05) is 6.92 Å². The fraction of sp³-hybridized carbons (Fsp3) is 0.500. The Hall–Kier alpha value is -1.44. The Morgan fingerprint density at radius 2 is 1.90 bits per heavy atom. The molecule has 1 aromatic rings. The molecule has 0 radical (unpaired) electrons. The molecule has 4 N–H and O–H groups in total. The second kappa shape index (κ2) is 8.11. The van der Waals surface area contributed by atoms with E-state index in [0.717, 1.165) is 12.8 Å². The van der Waals surface area contributed by atoms with E-state index in [2.05, 4.69) is 10.0 Å². The molecule has 0 aliphatic heterocycles. The lowest BCUT2D eigenvalue weighted by molar-refractivity contribution is -0.114. The molecule has 118 valence electrons. The van der Waals surface area contributed by atoms with Crippen LogP contribution in [0.1, 0.15) is 26.7 Å². The summed E-state index contributed by atoms with van der Waals surface area (Å²) < 4.78 is 26.7. The van der Waals surface area contributed by atoms with Crippen LogP contribution in [0.3, 0.4) is 0 Å². The molecule has 0 spiro atoms. The predicted molar refractivity (Wildman–Crippen MR) is 83.4 cm³/mol. The molecule has 0 saturated heterocycles. The van der Waals surface area contributed by atoms with Gasteiger partial charge < -0.3 is 11.1 Å². The van der Waals surface area contributed by atoms with Crippen LogP contribution in [0, 0.1) is 5.92 Å². The summed E-state index contributed by atoms with van der Waals surface area (Å²) in [5, 5.41) is 2.59. The van der Waals surface area contributed by atoms with E-state index < -0.39 is 10.0 Å². The van der Waals surface area contributed by atoms with Gasteiger partial charge in [-0.3, -0.25) is 4.79 Å². The standard InChI is InChI=1S/C14H23N3O3S/c1-11(10-15)4-3-9-16-21(19,20)14-7-5-13(6-8-14)17-12(2)18/h5-8,11,16H,3-4,9-10,15H2,1-2H3,(H,17,18). The highest BCUT2D eigenvalue weighted by atomic mass is 32.2. The van der Waals surface area contributed by atoms with E-state index in [1.165, 1.54) is 19.1 Å². The van der Waals surface area contributed by atoms with Crippen LogP contribution in [0.2, 0.25) is 0 Å². The number of anilines is 1. The first-order valence-electron chi connectivity index (χ1n) is 6.92. The summed E-state index contributed by atoms with van der Waals surface area (Å²) in [5.74, 6) is 0.198. The van der Waals surface area contributed by atoms with E-state index in [-0.39, 0.29) is 10.8 Å². The summed E-state index contributed by atoms with van der Waals surface area (Å²) in [6.07, 6.45) is 1.64. The molecule has 7 heteroatoms. The minimum Gasteiger partial charge on any atom is -0.330 e. The van der Waals surface area contributed by atoms with Gasteiger partial charge in [0.2, 0.25) is 15.9 Å².